The maximum atomic E-state index is 8.99. The van der Waals surface area contributed by atoms with E-state index in [-0.39, 0.29) is 15.9 Å². The molecule has 0 saturated carbocycles. The van der Waals surface area contributed by atoms with Crippen molar-refractivity contribution in [2.45, 2.75) is 6.61 Å². The van der Waals surface area contributed by atoms with Gasteiger partial charge in [-0.25, -0.2) is 4.98 Å². The number of nitriles is 1. The molecule has 0 radical (unpaired) electrons. The van der Waals surface area contributed by atoms with Crippen LogP contribution in [0.4, 0.5) is 0 Å². The van der Waals surface area contributed by atoms with Gasteiger partial charge < -0.3 is 4.74 Å². The van der Waals surface area contributed by atoms with E-state index in [0.29, 0.717) is 12.4 Å². The first kappa shape index (κ1) is 12.7. The summed E-state index contributed by atoms with van der Waals surface area (Å²) in [6.07, 6.45) is 0. The minimum absolute atomic E-state index is 0.0491. The SMILES string of the molecule is N#Cc1c(OCc2ccccc2)cc(Cl)nc1Cl. The highest BCUT2D eigenvalue weighted by atomic mass is 35.5. The van der Waals surface area contributed by atoms with Crippen LogP contribution < -0.4 is 4.74 Å². The summed E-state index contributed by atoms with van der Waals surface area (Å²) in [5, 5.41) is 9.24. The molecule has 2 rings (SSSR count). The van der Waals surface area contributed by atoms with Crippen LogP contribution in [0.25, 0.3) is 0 Å². The van der Waals surface area contributed by atoms with Crippen LogP contribution in [0.5, 0.6) is 5.75 Å². The van der Waals surface area contributed by atoms with Gasteiger partial charge in [0.05, 0.1) is 0 Å². The van der Waals surface area contributed by atoms with Gasteiger partial charge in [0.25, 0.3) is 0 Å². The first-order chi connectivity index (χ1) is 8.70. The molecular formula is C13H8Cl2N2O. The molecule has 90 valence electrons. The molecule has 0 atom stereocenters. The monoisotopic (exact) mass is 278 g/mol. The summed E-state index contributed by atoms with van der Waals surface area (Å²) in [5.74, 6) is 0.339. The summed E-state index contributed by atoms with van der Waals surface area (Å²) < 4.78 is 5.54. The molecule has 3 nitrogen and oxygen atoms in total. The number of halogens is 2. The van der Waals surface area contributed by atoms with Gasteiger partial charge in [-0.1, -0.05) is 53.5 Å². The van der Waals surface area contributed by atoms with Crippen LogP contribution in [0, 0.1) is 11.3 Å². The topological polar surface area (TPSA) is 45.9 Å². The number of ether oxygens (including phenoxy) is 1. The average Bonchev–Trinajstić information content (AvgIpc) is 2.37. The fourth-order valence-electron chi connectivity index (χ4n) is 1.41. The van der Waals surface area contributed by atoms with E-state index in [2.05, 4.69) is 4.98 Å². The normalized spacial score (nSPS) is 9.83. The van der Waals surface area contributed by atoms with Crippen molar-refractivity contribution in [3.63, 3.8) is 0 Å². The van der Waals surface area contributed by atoms with Gasteiger partial charge in [-0.2, -0.15) is 5.26 Å². The predicted octanol–water partition coefficient (Wildman–Crippen LogP) is 3.84. The number of rotatable bonds is 3. The summed E-state index contributed by atoms with van der Waals surface area (Å²) in [5.41, 5.74) is 1.18. The van der Waals surface area contributed by atoms with Crippen molar-refractivity contribution in [3.8, 4) is 11.8 Å². The van der Waals surface area contributed by atoms with Crippen LogP contribution >= 0.6 is 23.2 Å². The zero-order valence-electron chi connectivity index (χ0n) is 9.23. The van der Waals surface area contributed by atoms with Crippen LogP contribution in [0.1, 0.15) is 11.1 Å². The molecule has 1 aromatic carbocycles. The molecule has 0 N–H and O–H groups in total. The summed E-state index contributed by atoms with van der Waals surface area (Å²) >= 11 is 11.6. The molecule has 0 unspecified atom stereocenters. The van der Waals surface area contributed by atoms with Crippen LogP contribution in [0.15, 0.2) is 36.4 Å². The zero-order chi connectivity index (χ0) is 13.0. The third-order valence-corrected chi connectivity index (χ3v) is 2.72. The molecule has 0 aliphatic heterocycles. The smallest absolute Gasteiger partial charge is 0.152 e. The Bertz CT molecular complexity index is 594. The van der Waals surface area contributed by atoms with Crippen molar-refractivity contribution in [2.75, 3.05) is 0 Å². The molecular weight excluding hydrogens is 271 g/mol. The first-order valence-corrected chi connectivity index (χ1v) is 5.89. The Hall–Kier alpha value is -1.76. The van der Waals surface area contributed by atoms with E-state index in [1.54, 1.807) is 0 Å². The lowest BCUT2D eigenvalue weighted by Crippen LogP contribution is -1.98. The maximum absolute atomic E-state index is 8.99. The number of pyridine rings is 1. The molecule has 18 heavy (non-hydrogen) atoms. The van der Waals surface area contributed by atoms with Crippen molar-refractivity contribution < 1.29 is 4.74 Å². The minimum Gasteiger partial charge on any atom is -0.487 e. The summed E-state index contributed by atoms with van der Waals surface area (Å²) in [7, 11) is 0. The van der Waals surface area contributed by atoms with Crippen molar-refractivity contribution in [1.29, 1.82) is 5.26 Å². The number of nitrogens with zero attached hydrogens (tertiary/aromatic N) is 2. The summed E-state index contributed by atoms with van der Waals surface area (Å²) in [6, 6.07) is 13.0. The molecule has 0 aliphatic carbocycles. The second kappa shape index (κ2) is 5.72. The second-order valence-corrected chi connectivity index (χ2v) is 4.24. The fraction of sp³-hybridized carbons (Fsp3) is 0.0769. The van der Waals surface area contributed by atoms with E-state index in [9.17, 15) is 0 Å². The summed E-state index contributed by atoms with van der Waals surface area (Å²) in [4.78, 5) is 3.79. The molecule has 0 spiro atoms. The van der Waals surface area contributed by atoms with Crippen LogP contribution in [-0.2, 0) is 6.61 Å². The molecule has 2 aromatic rings. The second-order valence-electron chi connectivity index (χ2n) is 3.50. The Balaban J connectivity index is 2.22. The van der Waals surface area contributed by atoms with E-state index >= 15 is 0 Å². The fourth-order valence-corrected chi connectivity index (χ4v) is 1.87. The third kappa shape index (κ3) is 2.92. The Labute approximate surface area is 115 Å². The highest BCUT2D eigenvalue weighted by molar-refractivity contribution is 6.33. The quantitative estimate of drug-likeness (QED) is 0.802. The Kier molecular flexibility index (Phi) is 4.03. The van der Waals surface area contributed by atoms with Crippen LogP contribution in [-0.4, -0.2) is 4.98 Å². The Morgan fingerprint density at radius 3 is 2.61 bits per heavy atom. The van der Waals surface area contributed by atoms with E-state index in [1.165, 1.54) is 6.07 Å². The van der Waals surface area contributed by atoms with Gasteiger partial charge >= 0.3 is 0 Å². The molecule has 0 aliphatic rings. The van der Waals surface area contributed by atoms with Crippen molar-refractivity contribution in [2.24, 2.45) is 0 Å². The Morgan fingerprint density at radius 1 is 1.22 bits per heavy atom. The average molecular weight is 279 g/mol. The maximum Gasteiger partial charge on any atom is 0.152 e. The van der Waals surface area contributed by atoms with E-state index in [1.807, 2.05) is 36.4 Å². The van der Waals surface area contributed by atoms with Gasteiger partial charge in [0.1, 0.15) is 29.1 Å². The van der Waals surface area contributed by atoms with E-state index in [0.717, 1.165) is 5.56 Å². The van der Waals surface area contributed by atoms with Crippen molar-refractivity contribution >= 4 is 23.2 Å². The molecule has 1 heterocycles. The standard InChI is InChI=1S/C13H8Cl2N2O/c14-12-6-11(10(7-16)13(15)17-12)18-8-9-4-2-1-3-5-9/h1-6H,8H2. The lowest BCUT2D eigenvalue weighted by atomic mass is 10.2. The number of hydrogen-bond acceptors (Lipinski definition) is 3. The lowest BCUT2D eigenvalue weighted by molar-refractivity contribution is 0.305. The van der Waals surface area contributed by atoms with Crippen LogP contribution in [0.2, 0.25) is 10.3 Å². The molecule has 5 heteroatoms. The number of hydrogen-bond donors (Lipinski definition) is 0. The van der Waals surface area contributed by atoms with Gasteiger partial charge in [-0.15, -0.1) is 0 Å². The van der Waals surface area contributed by atoms with E-state index < -0.39 is 0 Å². The van der Waals surface area contributed by atoms with E-state index in [4.69, 9.17) is 33.2 Å². The molecule has 0 fully saturated rings. The molecule has 0 bridgehead atoms. The van der Waals surface area contributed by atoms with Crippen LogP contribution in [0.3, 0.4) is 0 Å². The molecule has 0 saturated heterocycles. The summed E-state index contributed by atoms with van der Waals surface area (Å²) in [6.45, 7) is 0.339. The zero-order valence-corrected chi connectivity index (χ0v) is 10.7. The highest BCUT2D eigenvalue weighted by Gasteiger charge is 2.11. The van der Waals surface area contributed by atoms with Crippen molar-refractivity contribution in [1.82, 2.24) is 4.98 Å². The van der Waals surface area contributed by atoms with Crippen molar-refractivity contribution in [3.05, 3.63) is 57.8 Å². The third-order valence-electron chi connectivity index (χ3n) is 2.26. The number of aromatic nitrogens is 1. The van der Waals surface area contributed by atoms with Gasteiger partial charge in [0.15, 0.2) is 5.15 Å². The molecule has 0 amide bonds. The highest BCUT2D eigenvalue weighted by Crippen LogP contribution is 2.27. The van der Waals surface area contributed by atoms with Gasteiger partial charge in [0.2, 0.25) is 0 Å². The van der Waals surface area contributed by atoms with Gasteiger partial charge in [-0.3, -0.25) is 0 Å². The first-order valence-electron chi connectivity index (χ1n) is 5.13. The molecule has 1 aromatic heterocycles. The van der Waals surface area contributed by atoms with Gasteiger partial charge in [-0.05, 0) is 5.56 Å². The predicted molar refractivity (Wildman–Crippen MR) is 69.7 cm³/mol. The minimum atomic E-state index is 0.0491. The Morgan fingerprint density at radius 2 is 1.94 bits per heavy atom. The van der Waals surface area contributed by atoms with Gasteiger partial charge in [0, 0.05) is 6.07 Å². The largest absolute Gasteiger partial charge is 0.487 e. The number of benzene rings is 1. The lowest BCUT2D eigenvalue weighted by Gasteiger charge is -2.08.